The number of hydrogen-bond acceptors (Lipinski definition) is 1. The van der Waals surface area contributed by atoms with E-state index in [4.69, 9.17) is 4.74 Å². The quantitative estimate of drug-likeness (QED) is 0.363. The molecular weight excluding hydrogens is 316 g/mol. The second-order valence-electron chi connectivity index (χ2n) is 7.36. The molecule has 0 saturated carbocycles. The van der Waals surface area contributed by atoms with E-state index in [2.05, 4.69) is 81.4 Å². The molecule has 0 aliphatic carbocycles. The Morgan fingerprint density at radius 1 is 0.731 bits per heavy atom. The molecule has 0 saturated heterocycles. The van der Waals surface area contributed by atoms with Gasteiger partial charge in [-0.05, 0) is 30.4 Å². The Morgan fingerprint density at radius 2 is 1.23 bits per heavy atom. The molecule has 0 aliphatic heterocycles. The minimum absolute atomic E-state index is 0.360. The van der Waals surface area contributed by atoms with Gasteiger partial charge in [0, 0.05) is 6.61 Å². The summed E-state index contributed by atoms with van der Waals surface area (Å²) in [6.45, 7) is 7.46. The van der Waals surface area contributed by atoms with Crippen molar-refractivity contribution in [3.05, 3.63) is 71.8 Å². The normalized spacial score (nSPS) is 12.9. The highest BCUT2D eigenvalue weighted by atomic mass is 16.5. The topological polar surface area (TPSA) is 9.23 Å². The molecular formula is C25H36O. The summed E-state index contributed by atoms with van der Waals surface area (Å²) in [6, 6.07) is 21.6. The van der Waals surface area contributed by atoms with Crippen molar-refractivity contribution >= 4 is 0 Å². The first-order valence-electron chi connectivity index (χ1n) is 10.5. The Kier molecular flexibility index (Phi) is 8.91. The molecule has 0 radical (unpaired) electrons. The number of unbranched alkanes of at least 4 members (excludes halogenated alkanes) is 5. The van der Waals surface area contributed by atoms with Gasteiger partial charge >= 0.3 is 0 Å². The Morgan fingerprint density at radius 3 is 1.73 bits per heavy atom. The van der Waals surface area contributed by atoms with Crippen LogP contribution in [0, 0.1) is 5.92 Å². The monoisotopic (exact) mass is 352 g/mol. The van der Waals surface area contributed by atoms with Gasteiger partial charge in [-0.25, -0.2) is 0 Å². The first-order chi connectivity index (χ1) is 12.8. The molecule has 0 spiro atoms. The van der Waals surface area contributed by atoms with Crippen LogP contribution >= 0.6 is 0 Å². The predicted molar refractivity (Wildman–Crippen MR) is 112 cm³/mol. The van der Waals surface area contributed by atoms with Crippen LogP contribution in [0.4, 0.5) is 0 Å². The zero-order valence-corrected chi connectivity index (χ0v) is 16.9. The average Bonchev–Trinajstić information content (AvgIpc) is 2.70. The van der Waals surface area contributed by atoms with Gasteiger partial charge in [-0.1, -0.05) is 113 Å². The van der Waals surface area contributed by atoms with Gasteiger partial charge in [-0.3, -0.25) is 0 Å². The molecule has 0 aliphatic rings. The van der Waals surface area contributed by atoms with Crippen molar-refractivity contribution in [2.75, 3.05) is 6.61 Å². The van der Waals surface area contributed by atoms with Crippen LogP contribution in [0.1, 0.15) is 76.8 Å². The largest absolute Gasteiger partial charge is 0.366 e. The fraction of sp³-hybridized carbons (Fsp3) is 0.520. The number of benzene rings is 2. The van der Waals surface area contributed by atoms with E-state index in [9.17, 15) is 0 Å². The van der Waals surface area contributed by atoms with Crippen LogP contribution in [0.3, 0.4) is 0 Å². The second-order valence-corrected chi connectivity index (χ2v) is 7.36. The Labute approximate surface area is 160 Å². The van der Waals surface area contributed by atoms with Crippen molar-refractivity contribution in [1.29, 1.82) is 0 Å². The molecule has 0 amide bonds. The molecule has 1 nitrogen and oxygen atoms in total. The lowest BCUT2D eigenvalue weighted by atomic mass is 9.74. The standard InChI is InChI=1S/C25H36O/c1-4-6-7-8-9-12-17-22(3)25(26-5-2,23-18-13-10-14-19-23)24-20-15-11-16-21-24/h10-11,13-16,18-22H,4-9,12,17H2,1-3H3. The fourth-order valence-corrected chi connectivity index (χ4v) is 4.08. The van der Waals surface area contributed by atoms with Crippen molar-refractivity contribution in [3.8, 4) is 0 Å². The van der Waals surface area contributed by atoms with Gasteiger partial charge in [-0.15, -0.1) is 0 Å². The molecule has 1 heteroatoms. The van der Waals surface area contributed by atoms with Crippen molar-refractivity contribution < 1.29 is 4.74 Å². The molecule has 0 heterocycles. The second kappa shape index (κ2) is 11.2. The molecule has 2 aromatic rings. The Hall–Kier alpha value is -1.60. The lowest BCUT2D eigenvalue weighted by Gasteiger charge is -2.40. The lowest BCUT2D eigenvalue weighted by Crippen LogP contribution is -2.38. The van der Waals surface area contributed by atoms with E-state index in [0.29, 0.717) is 12.5 Å². The van der Waals surface area contributed by atoms with Gasteiger partial charge < -0.3 is 4.74 Å². The highest BCUT2D eigenvalue weighted by Crippen LogP contribution is 2.42. The maximum absolute atomic E-state index is 6.56. The summed E-state index contributed by atoms with van der Waals surface area (Å²) in [5, 5.41) is 0. The number of hydrogen-bond donors (Lipinski definition) is 0. The third-order valence-corrected chi connectivity index (χ3v) is 5.46. The van der Waals surface area contributed by atoms with E-state index in [0.717, 1.165) is 0 Å². The zero-order valence-electron chi connectivity index (χ0n) is 16.9. The molecule has 142 valence electrons. The van der Waals surface area contributed by atoms with Crippen molar-refractivity contribution in [3.63, 3.8) is 0 Å². The van der Waals surface area contributed by atoms with E-state index in [1.165, 1.54) is 56.1 Å². The van der Waals surface area contributed by atoms with Crippen molar-refractivity contribution in [2.45, 2.75) is 71.3 Å². The van der Waals surface area contributed by atoms with Gasteiger partial charge in [0.2, 0.25) is 0 Å². The lowest BCUT2D eigenvalue weighted by molar-refractivity contribution is -0.0541. The number of ether oxygens (including phenoxy) is 1. The Bertz CT molecular complexity index is 551. The van der Waals surface area contributed by atoms with Crippen LogP contribution in [0.15, 0.2) is 60.7 Å². The van der Waals surface area contributed by atoms with Gasteiger partial charge in [0.25, 0.3) is 0 Å². The SMILES string of the molecule is CCCCCCCCC(C)C(OCC)(c1ccccc1)c1ccccc1. The summed E-state index contributed by atoms with van der Waals surface area (Å²) < 4.78 is 6.56. The van der Waals surface area contributed by atoms with Crippen molar-refractivity contribution in [2.24, 2.45) is 5.92 Å². The van der Waals surface area contributed by atoms with Crippen LogP contribution in [0.25, 0.3) is 0 Å². The molecule has 1 unspecified atom stereocenters. The van der Waals surface area contributed by atoms with Crippen LogP contribution in [0.2, 0.25) is 0 Å². The molecule has 2 rings (SSSR count). The fourth-order valence-electron chi connectivity index (χ4n) is 4.08. The van der Waals surface area contributed by atoms with E-state index < -0.39 is 0 Å². The molecule has 2 aromatic carbocycles. The van der Waals surface area contributed by atoms with Crippen molar-refractivity contribution in [1.82, 2.24) is 0 Å². The molecule has 0 N–H and O–H groups in total. The summed E-state index contributed by atoms with van der Waals surface area (Å²) in [7, 11) is 0. The molecule has 0 fully saturated rings. The highest BCUT2D eigenvalue weighted by molar-refractivity contribution is 5.37. The van der Waals surface area contributed by atoms with Crippen LogP contribution in [-0.2, 0) is 10.3 Å². The first kappa shape index (κ1) is 20.7. The van der Waals surface area contributed by atoms with Gasteiger partial charge in [0.1, 0.15) is 5.60 Å². The average molecular weight is 353 g/mol. The third kappa shape index (κ3) is 5.20. The van der Waals surface area contributed by atoms with E-state index >= 15 is 0 Å². The first-order valence-corrected chi connectivity index (χ1v) is 10.5. The van der Waals surface area contributed by atoms with Gasteiger partial charge in [0.05, 0.1) is 0 Å². The third-order valence-electron chi connectivity index (χ3n) is 5.46. The maximum atomic E-state index is 6.56. The highest BCUT2D eigenvalue weighted by Gasteiger charge is 2.40. The molecule has 0 aromatic heterocycles. The van der Waals surface area contributed by atoms with E-state index in [1.54, 1.807) is 0 Å². The van der Waals surface area contributed by atoms with Crippen LogP contribution in [0.5, 0.6) is 0 Å². The summed E-state index contributed by atoms with van der Waals surface area (Å²) in [5.74, 6) is 0.429. The summed E-state index contributed by atoms with van der Waals surface area (Å²) >= 11 is 0. The molecule has 1 atom stereocenters. The van der Waals surface area contributed by atoms with Crippen LogP contribution in [-0.4, -0.2) is 6.61 Å². The van der Waals surface area contributed by atoms with E-state index in [1.807, 2.05) is 0 Å². The maximum Gasteiger partial charge on any atom is 0.121 e. The summed E-state index contributed by atoms with van der Waals surface area (Å²) in [4.78, 5) is 0. The smallest absolute Gasteiger partial charge is 0.121 e. The minimum Gasteiger partial charge on any atom is -0.366 e. The summed E-state index contributed by atoms with van der Waals surface area (Å²) in [5.41, 5.74) is 2.18. The van der Waals surface area contributed by atoms with Gasteiger partial charge in [-0.2, -0.15) is 0 Å². The molecule has 0 bridgehead atoms. The van der Waals surface area contributed by atoms with E-state index in [-0.39, 0.29) is 5.60 Å². The minimum atomic E-state index is -0.360. The van der Waals surface area contributed by atoms with Crippen LogP contribution < -0.4 is 0 Å². The van der Waals surface area contributed by atoms with Gasteiger partial charge in [0.15, 0.2) is 0 Å². The zero-order chi connectivity index (χ0) is 18.7. The molecule has 26 heavy (non-hydrogen) atoms. The summed E-state index contributed by atoms with van der Waals surface area (Å²) in [6.07, 6.45) is 9.21. The Balaban J connectivity index is 2.22. The number of rotatable bonds is 12. The predicted octanol–water partition coefficient (Wildman–Crippen LogP) is 7.35.